The number of hydrogen-bond acceptors (Lipinski definition) is 4. The molecule has 26 heavy (non-hydrogen) atoms. The van der Waals surface area contributed by atoms with E-state index in [-0.39, 0.29) is 11.8 Å². The van der Waals surface area contributed by atoms with Gasteiger partial charge in [0, 0.05) is 30.1 Å². The van der Waals surface area contributed by atoms with Crippen LogP contribution in [-0.4, -0.2) is 34.0 Å². The lowest BCUT2D eigenvalue weighted by Gasteiger charge is -2.15. The molecule has 1 saturated heterocycles. The molecule has 0 N–H and O–H groups in total. The first-order chi connectivity index (χ1) is 12.7. The highest BCUT2D eigenvalue weighted by molar-refractivity contribution is 6.30. The Labute approximate surface area is 156 Å². The first-order valence-electron chi connectivity index (χ1n) is 8.60. The van der Waals surface area contributed by atoms with Crippen molar-refractivity contribution in [2.75, 3.05) is 13.1 Å². The van der Waals surface area contributed by atoms with E-state index >= 15 is 0 Å². The third kappa shape index (κ3) is 3.63. The summed E-state index contributed by atoms with van der Waals surface area (Å²) < 4.78 is 5.42. The third-order valence-electron chi connectivity index (χ3n) is 4.62. The van der Waals surface area contributed by atoms with Crippen LogP contribution in [0, 0.1) is 0 Å². The zero-order chi connectivity index (χ0) is 17.9. The fraction of sp³-hybridized carbons (Fsp3) is 0.250. The molecule has 0 bridgehead atoms. The van der Waals surface area contributed by atoms with E-state index in [1.807, 2.05) is 35.2 Å². The molecule has 1 fully saturated rings. The Morgan fingerprint density at radius 2 is 1.88 bits per heavy atom. The van der Waals surface area contributed by atoms with E-state index in [0.29, 0.717) is 36.2 Å². The molecule has 1 amide bonds. The summed E-state index contributed by atoms with van der Waals surface area (Å²) >= 11 is 5.91. The SMILES string of the molecule is O=C1CC(c2nc(-c3ccc(Cl)cc3)no2)CN1CCc1ccccc1. The van der Waals surface area contributed by atoms with E-state index < -0.39 is 0 Å². The molecule has 1 aromatic heterocycles. The fourth-order valence-electron chi connectivity index (χ4n) is 3.18. The molecule has 6 heteroatoms. The summed E-state index contributed by atoms with van der Waals surface area (Å²) in [5, 5.41) is 4.71. The number of benzene rings is 2. The Kier molecular flexibility index (Phi) is 4.71. The van der Waals surface area contributed by atoms with Crippen LogP contribution in [0.5, 0.6) is 0 Å². The Morgan fingerprint density at radius 3 is 2.65 bits per heavy atom. The zero-order valence-corrected chi connectivity index (χ0v) is 14.9. The molecule has 0 spiro atoms. The van der Waals surface area contributed by atoms with E-state index in [1.54, 1.807) is 12.1 Å². The van der Waals surface area contributed by atoms with Gasteiger partial charge in [-0.05, 0) is 36.2 Å². The minimum Gasteiger partial charge on any atom is -0.342 e. The predicted molar refractivity (Wildman–Crippen MR) is 98.8 cm³/mol. The van der Waals surface area contributed by atoms with Gasteiger partial charge >= 0.3 is 0 Å². The standard InChI is InChI=1S/C20H18ClN3O2/c21-17-8-6-15(7-9-17)19-22-20(26-23-19)16-12-18(25)24(13-16)11-10-14-4-2-1-3-5-14/h1-9,16H,10-13H2. The minimum atomic E-state index is -0.0492. The molecule has 3 aromatic rings. The summed E-state index contributed by atoms with van der Waals surface area (Å²) in [5.41, 5.74) is 2.07. The van der Waals surface area contributed by atoms with Crippen molar-refractivity contribution in [1.82, 2.24) is 15.0 Å². The van der Waals surface area contributed by atoms with Crippen LogP contribution in [0.4, 0.5) is 0 Å². The van der Waals surface area contributed by atoms with Crippen LogP contribution in [0.1, 0.15) is 23.8 Å². The lowest BCUT2D eigenvalue weighted by Crippen LogP contribution is -2.27. The van der Waals surface area contributed by atoms with Gasteiger partial charge in [0.05, 0.1) is 5.92 Å². The maximum absolute atomic E-state index is 12.3. The summed E-state index contributed by atoms with van der Waals surface area (Å²) in [7, 11) is 0. The van der Waals surface area contributed by atoms with Crippen molar-refractivity contribution < 1.29 is 9.32 Å². The third-order valence-corrected chi connectivity index (χ3v) is 4.87. The number of nitrogens with zero attached hydrogens (tertiary/aromatic N) is 3. The number of rotatable bonds is 5. The van der Waals surface area contributed by atoms with E-state index in [2.05, 4.69) is 22.3 Å². The molecule has 132 valence electrons. The second-order valence-corrected chi connectivity index (χ2v) is 6.88. The molecule has 1 aliphatic heterocycles. The maximum Gasteiger partial charge on any atom is 0.232 e. The molecule has 5 nitrogen and oxygen atoms in total. The summed E-state index contributed by atoms with van der Waals surface area (Å²) in [6, 6.07) is 17.5. The van der Waals surface area contributed by atoms with Crippen molar-refractivity contribution in [3.05, 3.63) is 71.1 Å². The van der Waals surface area contributed by atoms with Gasteiger partial charge in [-0.1, -0.05) is 47.1 Å². The number of halogens is 1. The minimum absolute atomic E-state index is 0.0492. The average Bonchev–Trinajstić information content (AvgIpc) is 3.28. The van der Waals surface area contributed by atoms with Gasteiger partial charge in [-0.2, -0.15) is 4.98 Å². The topological polar surface area (TPSA) is 59.2 Å². The molecular formula is C20H18ClN3O2. The number of amides is 1. The van der Waals surface area contributed by atoms with Crippen LogP contribution in [0.3, 0.4) is 0 Å². The van der Waals surface area contributed by atoms with Crippen molar-refractivity contribution in [2.24, 2.45) is 0 Å². The van der Waals surface area contributed by atoms with Gasteiger partial charge in [-0.15, -0.1) is 0 Å². The molecular weight excluding hydrogens is 350 g/mol. The van der Waals surface area contributed by atoms with Gasteiger partial charge in [-0.25, -0.2) is 0 Å². The van der Waals surface area contributed by atoms with Crippen molar-refractivity contribution in [2.45, 2.75) is 18.8 Å². The van der Waals surface area contributed by atoms with Gasteiger partial charge in [-0.3, -0.25) is 4.79 Å². The molecule has 0 aliphatic carbocycles. The lowest BCUT2D eigenvalue weighted by atomic mass is 10.1. The van der Waals surface area contributed by atoms with Gasteiger partial charge in [0.1, 0.15) is 0 Å². The molecule has 2 aromatic carbocycles. The van der Waals surface area contributed by atoms with E-state index in [4.69, 9.17) is 16.1 Å². The van der Waals surface area contributed by atoms with E-state index in [0.717, 1.165) is 12.0 Å². The van der Waals surface area contributed by atoms with Crippen LogP contribution in [-0.2, 0) is 11.2 Å². The van der Waals surface area contributed by atoms with E-state index in [1.165, 1.54) is 5.56 Å². The van der Waals surface area contributed by atoms with Crippen molar-refractivity contribution >= 4 is 17.5 Å². The Bertz CT molecular complexity index is 893. The number of carbonyl (C=O) groups excluding carboxylic acids is 1. The van der Waals surface area contributed by atoms with Crippen LogP contribution in [0.2, 0.25) is 5.02 Å². The number of aromatic nitrogens is 2. The fourth-order valence-corrected chi connectivity index (χ4v) is 3.31. The van der Waals surface area contributed by atoms with Gasteiger partial charge < -0.3 is 9.42 Å². The maximum atomic E-state index is 12.3. The predicted octanol–water partition coefficient (Wildman–Crippen LogP) is 3.95. The number of carbonyl (C=O) groups is 1. The summed E-state index contributed by atoms with van der Waals surface area (Å²) in [4.78, 5) is 18.7. The Balaban J connectivity index is 1.41. The quantitative estimate of drug-likeness (QED) is 0.685. The molecule has 1 aliphatic rings. The van der Waals surface area contributed by atoms with E-state index in [9.17, 15) is 4.79 Å². The summed E-state index contributed by atoms with van der Waals surface area (Å²) in [6.07, 6.45) is 1.26. The average molecular weight is 368 g/mol. The van der Waals surface area contributed by atoms with Gasteiger partial charge in [0.15, 0.2) is 0 Å². The van der Waals surface area contributed by atoms with Crippen LogP contribution < -0.4 is 0 Å². The Morgan fingerprint density at radius 1 is 1.12 bits per heavy atom. The first kappa shape index (κ1) is 16.8. The second kappa shape index (κ2) is 7.30. The monoisotopic (exact) mass is 367 g/mol. The highest BCUT2D eigenvalue weighted by Gasteiger charge is 2.34. The number of hydrogen-bond donors (Lipinski definition) is 0. The smallest absolute Gasteiger partial charge is 0.232 e. The zero-order valence-electron chi connectivity index (χ0n) is 14.1. The lowest BCUT2D eigenvalue weighted by molar-refractivity contribution is -0.127. The van der Waals surface area contributed by atoms with Crippen LogP contribution in [0.25, 0.3) is 11.4 Å². The summed E-state index contributed by atoms with van der Waals surface area (Å²) in [5.74, 6) is 1.13. The number of likely N-dealkylation sites (tertiary alicyclic amines) is 1. The first-order valence-corrected chi connectivity index (χ1v) is 8.98. The van der Waals surface area contributed by atoms with Gasteiger partial charge in [0.25, 0.3) is 0 Å². The largest absolute Gasteiger partial charge is 0.342 e. The molecule has 4 rings (SSSR count). The normalized spacial score (nSPS) is 17.0. The van der Waals surface area contributed by atoms with Gasteiger partial charge in [0.2, 0.25) is 17.6 Å². The van der Waals surface area contributed by atoms with Crippen molar-refractivity contribution in [1.29, 1.82) is 0 Å². The molecule has 0 radical (unpaired) electrons. The molecule has 1 unspecified atom stereocenters. The second-order valence-electron chi connectivity index (χ2n) is 6.44. The van der Waals surface area contributed by atoms with Crippen molar-refractivity contribution in [3.8, 4) is 11.4 Å². The molecule has 2 heterocycles. The highest BCUT2D eigenvalue weighted by Crippen LogP contribution is 2.29. The van der Waals surface area contributed by atoms with Crippen LogP contribution >= 0.6 is 11.6 Å². The Hall–Kier alpha value is -2.66. The highest BCUT2D eigenvalue weighted by atomic mass is 35.5. The summed E-state index contributed by atoms with van der Waals surface area (Å²) in [6.45, 7) is 1.32. The van der Waals surface area contributed by atoms with Crippen LogP contribution in [0.15, 0.2) is 59.1 Å². The molecule has 0 saturated carbocycles. The van der Waals surface area contributed by atoms with Crippen molar-refractivity contribution in [3.63, 3.8) is 0 Å². The molecule has 1 atom stereocenters.